The van der Waals surface area contributed by atoms with Gasteiger partial charge in [0.1, 0.15) is 0 Å². The number of anilines is 1. The topological polar surface area (TPSA) is 43.1 Å². The fourth-order valence-corrected chi connectivity index (χ4v) is 3.85. The third-order valence-electron chi connectivity index (χ3n) is 5.17. The second-order valence-corrected chi connectivity index (χ2v) is 6.81. The summed E-state index contributed by atoms with van der Waals surface area (Å²) in [6.07, 6.45) is 0. The maximum Gasteiger partial charge on any atom is 0.194 e. The van der Waals surface area contributed by atoms with Crippen LogP contribution in [0.2, 0.25) is 0 Å². The molecule has 1 aliphatic rings. The lowest BCUT2D eigenvalue weighted by Gasteiger charge is -2.10. The fraction of sp³-hybridized carbons (Fsp3) is 0. The van der Waals surface area contributed by atoms with Crippen LogP contribution < -0.4 is 5.73 Å². The van der Waals surface area contributed by atoms with Gasteiger partial charge in [0.25, 0.3) is 0 Å². The summed E-state index contributed by atoms with van der Waals surface area (Å²) >= 11 is 0. The monoisotopic (exact) mass is 347 g/mol. The molecule has 0 amide bonds. The molecule has 0 saturated heterocycles. The summed E-state index contributed by atoms with van der Waals surface area (Å²) in [4.78, 5) is 13.1. The first kappa shape index (κ1) is 15.6. The van der Waals surface area contributed by atoms with Crippen molar-refractivity contribution < 1.29 is 4.79 Å². The molecule has 0 spiro atoms. The van der Waals surface area contributed by atoms with Gasteiger partial charge in [-0.15, -0.1) is 0 Å². The molecule has 0 atom stereocenters. The summed E-state index contributed by atoms with van der Waals surface area (Å²) in [5.41, 5.74) is 14.4. The number of fused-ring (bicyclic) bond motifs is 3. The quantitative estimate of drug-likeness (QED) is 0.409. The molecule has 0 aliphatic heterocycles. The Hall–Kier alpha value is -3.65. The van der Waals surface area contributed by atoms with E-state index >= 15 is 0 Å². The van der Waals surface area contributed by atoms with E-state index in [1.807, 2.05) is 72.8 Å². The van der Waals surface area contributed by atoms with Crippen molar-refractivity contribution in [3.63, 3.8) is 0 Å². The van der Waals surface area contributed by atoms with Crippen LogP contribution in [0.25, 0.3) is 33.4 Å². The van der Waals surface area contributed by atoms with E-state index in [4.69, 9.17) is 5.73 Å². The van der Waals surface area contributed by atoms with Crippen molar-refractivity contribution in [1.29, 1.82) is 0 Å². The molecule has 0 saturated carbocycles. The highest BCUT2D eigenvalue weighted by Gasteiger charge is 2.28. The molecule has 0 radical (unpaired) electrons. The van der Waals surface area contributed by atoms with Crippen LogP contribution in [0.4, 0.5) is 5.69 Å². The second-order valence-electron chi connectivity index (χ2n) is 6.81. The Morgan fingerprint density at radius 1 is 0.519 bits per heavy atom. The molecule has 128 valence electrons. The number of hydrogen-bond acceptors (Lipinski definition) is 2. The average molecular weight is 347 g/mol. The summed E-state index contributed by atoms with van der Waals surface area (Å²) in [5.74, 6) is 0.106. The number of rotatable bonds is 2. The fourth-order valence-electron chi connectivity index (χ4n) is 3.85. The zero-order valence-corrected chi connectivity index (χ0v) is 14.6. The zero-order chi connectivity index (χ0) is 18.4. The highest BCUT2D eigenvalue weighted by Crippen LogP contribution is 2.41. The molecule has 0 fully saturated rings. The van der Waals surface area contributed by atoms with Crippen LogP contribution in [0, 0.1) is 0 Å². The molecular formula is C25H17NO. The Kier molecular flexibility index (Phi) is 3.44. The molecule has 2 N–H and O–H groups in total. The third kappa shape index (κ3) is 2.46. The van der Waals surface area contributed by atoms with Gasteiger partial charge in [-0.05, 0) is 51.6 Å². The minimum atomic E-state index is 0.106. The van der Waals surface area contributed by atoms with E-state index in [9.17, 15) is 4.79 Å². The van der Waals surface area contributed by atoms with Crippen molar-refractivity contribution in [2.24, 2.45) is 0 Å². The lowest BCUT2D eigenvalue weighted by molar-refractivity contribution is 0.104. The molecule has 2 heteroatoms. The van der Waals surface area contributed by atoms with Crippen LogP contribution >= 0.6 is 0 Å². The molecule has 2 nitrogen and oxygen atoms in total. The van der Waals surface area contributed by atoms with Crippen LogP contribution in [0.5, 0.6) is 0 Å². The van der Waals surface area contributed by atoms with E-state index in [1.165, 1.54) is 0 Å². The first-order valence-corrected chi connectivity index (χ1v) is 8.96. The van der Waals surface area contributed by atoms with Gasteiger partial charge >= 0.3 is 0 Å². The molecule has 4 aromatic rings. The van der Waals surface area contributed by atoms with Crippen molar-refractivity contribution in [2.45, 2.75) is 0 Å². The van der Waals surface area contributed by atoms with Crippen molar-refractivity contribution in [2.75, 3.05) is 5.73 Å². The molecule has 0 aromatic heterocycles. The summed E-state index contributed by atoms with van der Waals surface area (Å²) in [7, 11) is 0. The SMILES string of the molecule is Nc1ccc(-c2cccc(-c3cccc4c3C(=O)c3ccccc3-4)c2)cc1. The van der Waals surface area contributed by atoms with Crippen molar-refractivity contribution >= 4 is 11.5 Å². The normalized spacial score (nSPS) is 11.9. The number of nitrogen functional groups attached to an aromatic ring is 1. The lowest BCUT2D eigenvalue weighted by atomic mass is 9.93. The number of hydrogen-bond donors (Lipinski definition) is 1. The highest BCUT2D eigenvalue weighted by molar-refractivity contribution is 6.24. The minimum Gasteiger partial charge on any atom is -0.399 e. The molecule has 4 aromatic carbocycles. The summed E-state index contributed by atoms with van der Waals surface area (Å²) in [6.45, 7) is 0. The molecule has 27 heavy (non-hydrogen) atoms. The second kappa shape index (κ2) is 5.96. The number of nitrogens with two attached hydrogens (primary N) is 1. The Bertz CT molecular complexity index is 1190. The van der Waals surface area contributed by atoms with Gasteiger partial charge in [0.2, 0.25) is 0 Å². The van der Waals surface area contributed by atoms with Crippen LogP contribution in [0.1, 0.15) is 15.9 Å². The number of ketones is 1. The van der Waals surface area contributed by atoms with Crippen LogP contribution in [-0.2, 0) is 0 Å². The van der Waals surface area contributed by atoms with Gasteiger partial charge in [0.05, 0.1) is 0 Å². The molecule has 5 rings (SSSR count). The van der Waals surface area contributed by atoms with Crippen LogP contribution in [0.15, 0.2) is 91.0 Å². The van der Waals surface area contributed by atoms with Gasteiger partial charge in [-0.1, -0.05) is 72.8 Å². The Labute approximate surface area is 157 Å². The van der Waals surface area contributed by atoms with Gasteiger partial charge in [-0.2, -0.15) is 0 Å². The number of benzene rings is 4. The first-order valence-electron chi connectivity index (χ1n) is 8.96. The van der Waals surface area contributed by atoms with E-state index in [2.05, 4.69) is 18.2 Å². The molecular weight excluding hydrogens is 330 g/mol. The Balaban J connectivity index is 1.67. The third-order valence-corrected chi connectivity index (χ3v) is 5.17. The van der Waals surface area contributed by atoms with Gasteiger partial charge in [-0.25, -0.2) is 0 Å². The van der Waals surface area contributed by atoms with Crippen molar-refractivity contribution in [3.8, 4) is 33.4 Å². The maximum atomic E-state index is 13.1. The van der Waals surface area contributed by atoms with E-state index in [0.29, 0.717) is 0 Å². The zero-order valence-electron chi connectivity index (χ0n) is 14.6. The van der Waals surface area contributed by atoms with Crippen molar-refractivity contribution in [3.05, 3.63) is 102 Å². The molecule has 0 heterocycles. The largest absolute Gasteiger partial charge is 0.399 e. The van der Waals surface area contributed by atoms with Gasteiger partial charge < -0.3 is 5.73 Å². The van der Waals surface area contributed by atoms with Crippen LogP contribution in [0.3, 0.4) is 0 Å². The smallest absolute Gasteiger partial charge is 0.194 e. The summed E-state index contributed by atoms with van der Waals surface area (Å²) in [5, 5.41) is 0. The van der Waals surface area contributed by atoms with E-state index in [1.54, 1.807) is 0 Å². The van der Waals surface area contributed by atoms with E-state index in [-0.39, 0.29) is 5.78 Å². The van der Waals surface area contributed by atoms with Gasteiger partial charge in [0.15, 0.2) is 5.78 Å². The standard InChI is InChI=1S/C25H17NO/c26-19-13-11-16(12-14-19)17-5-3-6-18(15-17)20-9-4-10-22-21-7-1-2-8-23(21)25(27)24(20)22/h1-15H,26H2. The van der Waals surface area contributed by atoms with E-state index < -0.39 is 0 Å². The Morgan fingerprint density at radius 3 is 1.96 bits per heavy atom. The molecule has 0 unspecified atom stereocenters. The number of carbonyl (C=O) groups is 1. The minimum absolute atomic E-state index is 0.106. The van der Waals surface area contributed by atoms with E-state index in [0.717, 1.165) is 50.2 Å². The Morgan fingerprint density at radius 2 is 1.15 bits per heavy atom. The highest BCUT2D eigenvalue weighted by atomic mass is 16.1. The molecule has 0 bridgehead atoms. The summed E-state index contributed by atoms with van der Waals surface area (Å²) < 4.78 is 0. The predicted molar refractivity (Wildman–Crippen MR) is 111 cm³/mol. The number of carbonyl (C=O) groups excluding carboxylic acids is 1. The predicted octanol–water partition coefficient (Wildman–Crippen LogP) is 5.81. The summed E-state index contributed by atoms with van der Waals surface area (Å²) in [6, 6.07) is 30.1. The van der Waals surface area contributed by atoms with Crippen LogP contribution in [-0.4, -0.2) is 5.78 Å². The first-order chi connectivity index (χ1) is 13.2. The van der Waals surface area contributed by atoms with Gasteiger partial charge in [-0.3, -0.25) is 4.79 Å². The average Bonchev–Trinajstić information content (AvgIpc) is 3.02. The molecule has 1 aliphatic carbocycles. The van der Waals surface area contributed by atoms with Crippen molar-refractivity contribution in [1.82, 2.24) is 0 Å². The van der Waals surface area contributed by atoms with Gasteiger partial charge in [0, 0.05) is 16.8 Å². The maximum absolute atomic E-state index is 13.1. The lowest BCUT2D eigenvalue weighted by Crippen LogP contribution is -1.98.